The largest absolute Gasteiger partial charge is 0.352 e. The Morgan fingerprint density at radius 2 is 1.79 bits per heavy atom. The van der Waals surface area contributed by atoms with Gasteiger partial charge in [-0.05, 0) is 36.1 Å². The van der Waals surface area contributed by atoms with Crippen molar-refractivity contribution in [1.82, 2.24) is 24.8 Å². The summed E-state index contributed by atoms with van der Waals surface area (Å²) < 4.78 is 1.97. The van der Waals surface area contributed by atoms with Gasteiger partial charge >= 0.3 is 0 Å². The molecule has 0 saturated heterocycles. The number of pyridine rings is 1. The van der Waals surface area contributed by atoms with Crippen LogP contribution in [0.15, 0.2) is 60.0 Å². The zero-order chi connectivity index (χ0) is 19.9. The molecular weight excluding hydrogens is 348 g/mol. The van der Waals surface area contributed by atoms with Crippen molar-refractivity contribution in [1.29, 1.82) is 0 Å². The van der Waals surface area contributed by atoms with Crippen molar-refractivity contribution in [3.8, 4) is 5.82 Å². The van der Waals surface area contributed by atoms with Crippen LogP contribution in [-0.2, 0) is 19.5 Å². The third kappa shape index (κ3) is 4.76. The van der Waals surface area contributed by atoms with E-state index in [1.54, 1.807) is 6.20 Å². The number of nitrogens with zero attached hydrogens (tertiary/aromatic N) is 5. The lowest BCUT2D eigenvalue weighted by atomic mass is 10.1. The van der Waals surface area contributed by atoms with E-state index in [1.165, 1.54) is 11.1 Å². The molecule has 0 radical (unpaired) electrons. The molecule has 0 amide bonds. The van der Waals surface area contributed by atoms with Crippen LogP contribution in [0.2, 0.25) is 0 Å². The lowest BCUT2D eigenvalue weighted by Crippen LogP contribution is -2.38. The average Bonchev–Trinajstić information content (AvgIpc) is 3.15. The summed E-state index contributed by atoms with van der Waals surface area (Å²) in [6.45, 7) is 5.61. The van der Waals surface area contributed by atoms with E-state index in [2.05, 4.69) is 62.4 Å². The maximum Gasteiger partial charge on any atom is 0.193 e. The third-order valence-electron chi connectivity index (χ3n) is 4.76. The van der Waals surface area contributed by atoms with Gasteiger partial charge in [-0.15, -0.1) is 0 Å². The number of imidazole rings is 1. The molecule has 6 nitrogen and oxygen atoms in total. The minimum atomic E-state index is 0.669. The maximum atomic E-state index is 4.54. The molecule has 0 aliphatic carbocycles. The highest BCUT2D eigenvalue weighted by atomic mass is 15.3. The topological polar surface area (TPSA) is 58.3 Å². The highest BCUT2D eigenvalue weighted by Gasteiger charge is 2.07. The van der Waals surface area contributed by atoms with E-state index in [0.29, 0.717) is 6.54 Å². The Kier molecular flexibility index (Phi) is 6.42. The molecule has 146 valence electrons. The Morgan fingerprint density at radius 3 is 2.36 bits per heavy atom. The van der Waals surface area contributed by atoms with Gasteiger partial charge in [0.05, 0.1) is 0 Å². The van der Waals surface area contributed by atoms with Crippen molar-refractivity contribution < 1.29 is 0 Å². The summed E-state index contributed by atoms with van der Waals surface area (Å²) in [6.07, 6.45) is 6.65. The predicted molar refractivity (Wildman–Crippen MR) is 114 cm³/mol. The van der Waals surface area contributed by atoms with Crippen molar-refractivity contribution >= 4 is 5.96 Å². The van der Waals surface area contributed by atoms with Crippen LogP contribution < -0.4 is 5.32 Å². The molecule has 0 aliphatic heterocycles. The first-order valence-corrected chi connectivity index (χ1v) is 9.55. The summed E-state index contributed by atoms with van der Waals surface area (Å²) in [5.74, 6) is 2.65. The van der Waals surface area contributed by atoms with Crippen LogP contribution in [0.1, 0.15) is 29.4 Å². The number of aryl methyl sites for hydroxylation is 2. The van der Waals surface area contributed by atoms with Gasteiger partial charge in [-0.25, -0.2) is 9.97 Å². The van der Waals surface area contributed by atoms with Gasteiger partial charge in [0.1, 0.15) is 11.6 Å². The smallest absolute Gasteiger partial charge is 0.193 e. The van der Waals surface area contributed by atoms with E-state index in [4.69, 9.17) is 0 Å². The molecule has 28 heavy (non-hydrogen) atoms. The van der Waals surface area contributed by atoms with Gasteiger partial charge in [0.2, 0.25) is 0 Å². The van der Waals surface area contributed by atoms with Crippen LogP contribution in [0.25, 0.3) is 5.82 Å². The number of aliphatic imine (C=N–C) groups is 1. The Labute approximate surface area is 167 Å². The molecule has 0 spiro atoms. The molecule has 3 aromatic rings. The fourth-order valence-corrected chi connectivity index (χ4v) is 3.08. The van der Waals surface area contributed by atoms with E-state index in [1.807, 2.05) is 44.0 Å². The number of guanidine groups is 1. The van der Waals surface area contributed by atoms with Crippen LogP contribution in [0, 0.1) is 6.92 Å². The van der Waals surface area contributed by atoms with Crippen LogP contribution in [-0.4, -0.2) is 39.5 Å². The van der Waals surface area contributed by atoms with Crippen LogP contribution in [0.4, 0.5) is 0 Å². The minimum Gasteiger partial charge on any atom is -0.352 e. The second kappa shape index (κ2) is 9.17. The molecule has 3 rings (SSSR count). The number of hydrogen-bond donors (Lipinski definition) is 1. The standard InChI is InChI=1S/C22H28N6/c1-5-18-6-8-19(9-7-18)16-27(4)22(23-3)26-15-20-10-11-21(25-14-20)28-13-12-24-17(28)2/h6-14H,5,15-16H2,1-4H3,(H,23,26). The van der Waals surface area contributed by atoms with Gasteiger partial charge in [-0.1, -0.05) is 37.3 Å². The molecule has 0 bridgehead atoms. The first-order chi connectivity index (χ1) is 13.6. The molecular formula is C22H28N6. The normalized spacial score (nSPS) is 11.5. The summed E-state index contributed by atoms with van der Waals surface area (Å²) in [5, 5.41) is 3.41. The van der Waals surface area contributed by atoms with E-state index in [-0.39, 0.29) is 0 Å². The van der Waals surface area contributed by atoms with Crippen molar-refractivity contribution in [3.63, 3.8) is 0 Å². The molecule has 0 fully saturated rings. The van der Waals surface area contributed by atoms with Crippen LogP contribution in [0.5, 0.6) is 0 Å². The maximum absolute atomic E-state index is 4.54. The highest BCUT2D eigenvalue weighted by Crippen LogP contribution is 2.10. The fourth-order valence-electron chi connectivity index (χ4n) is 3.08. The summed E-state index contributed by atoms with van der Waals surface area (Å²) in [7, 11) is 3.86. The minimum absolute atomic E-state index is 0.669. The highest BCUT2D eigenvalue weighted by molar-refractivity contribution is 5.79. The molecule has 0 saturated carbocycles. The van der Waals surface area contributed by atoms with Gasteiger partial charge in [-0.3, -0.25) is 9.56 Å². The second-order valence-electron chi connectivity index (χ2n) is 6.80. The van der Waals surface area contributed by atoms with Gasteiger partial charge in [0, 0.05) is 45.8 Å². The number of hydrogen-bond acceptors (Lipinski definition) is 3. The quantitative estimate of drug-likeness (QED) is 0.529. The van der Waals surface area contributed by atoms with Gasteiger partial charge in [0.15, 0.2) is 5.96 Å². The fraction of sp³-hybridized carbons (Fsp3) is 0.318. The number of nitrogens with one attached hydrogen (secondary N) is 1. The Hall–Kier alpha value is -3.15. The molecule has 1 aromatic carbocycles. The van der Waals surface area contributed by atoms with E-state index in [9.17, 15) is 0 Å². The second-order valence-corrected chi connectivity index (χ2v) is 6.80. The van der Waals surface area contributed by atoms with E-state index < -0.39 is 0 Å². The van der Waals surface area contributed by atoms with Crippen molar-refractivity contribution in [2.45, 2.75) is 33.4 Å². The summed E-state index contributed by atoms with van der Waals surface area (Å²) in [5.41, 5.74) is 3.73. The Balaban J connectivity index is 1.57. The lowest BCUT2D eigenvalue weighted by molar-refractivity contribution is 0.476. The Bertz CT molecular complexity index is 909. The van der Waals surface area contributed by atoms with E-state index >= 15 is 0 Å². The summed E-state index contributed by atoms with van der Waals surface area (Å²) >= 11 is 0. The number of rotatable bonds is 6. The molecule has 6 heteroatoms. The van der Waals surface area contributed by atoms with E-state index in [0.717, 1.165) is 36.1 Å². The number of benzene rings is 1. The lowest BCUT2D eigenvalue weighted by Gasteiger charge is -2.22. The average molecular weight is 377 g/mol. The molecule has 0 atom stereocenters. The van der Waals surface area contributed by atoms with Crippen molar-refractivity contribution in [3.05, 3.63) is 77.5 Å². The predicted octanol–water partition coefficient (Wildman–Crippen LogP) is 3.35. The van der Waals surface area contributed by atoms with Crippen molar-refractivity contribution in [2.75, 3.05) is 14.1 Å². The zero-order valence-corrected chi connectivity index (χ0v) is 17.1. The molecule has 2 aromatic heterocycles. The first-order valence-electron chi connectivity index (χ1n) is 9.55. The van der Waals surface area contributed by atoms with Gasteiger partial charge in [0.25, 0.3) is 0 Å². The zero-order valence-electron chi connectivity index (χ0n) is 17.1. The molecule has 0 aliphatic rings. The molecule has 0 unspecified atom stereocenters. The monoisotopic (exact) mass is 376 g/mol. The summed E-state index contributed by atoms with van der Waals surface area (Å²) in [4.78, 5) is 15.3. The SMILES string of the molecule is CCc1ccc(CN(C)C(=NC)NCc2ccc(-n3ccnc3C)nc2)cc1. The first kappa shape index (κ1) is 19.6. The van der Waals surface area contributed by atoms with Gasteiger partial charge < -0.3 is 10.2 Å². The summed E-state index contributed by atoms with van der Waals surface area (Å²) in [6, 6.07) is 12.8. The van der Waals surface area contributed by atoms with Crippen LogP contribution >= 0.6 is 0 Å². The molecule has 1 N–H and O–H groups in total. The van der Waals surface area contributed by atoms with Crippen LogP contribution in [0.3, 0.4) is 0 Å². The van der Waals surface area contributed by atoms with Crippen molar-refractivity contribution in [2.24, 2.45) is 4.99 Å². The Morgan fingerprint density at radius 1 is 1.07 bits per heavy atom. The van der Waals surface area contributed by atoms with Gasteiger partial charge in [-0.2, -0.15) is 0 Å². The molecule has 2 heterocycles. The third-order valence-corrected chi connectivity index (χ3v) is 4.76. The number of aromatic nitrogens is 3.